The summed E-state index contributed by atoms with van der Waals surface area (Å²) in [4.78, 5) is 12.5. The molecular formula is C25H34Cl3NO6. The first-order valence-electron chi connectivity index (χ1n) is 11.9. The van der Waals surface area contributed by atoms with Crippen molar-refractivity contribution in [3.63, 3.8) is 0 Å². The van der Waals surface area contributed by atoms with Crippen LogP contribution in [0.2, 0.25) is 0 Å². The highest BCUT2D eigenvalue weighted by Crippen LogP contribution is 2.39. The van der Waals surface area contributed by atoms with E-state index in [1.54, 1.807) is 24.3 Å². The zero-order valence-corrected chi connectivity index (χ0v) is 22.8. The number of alkyl halides is 3. The van der Waals surface area contributed by atoms with Crippen molar-refractivity contribution in [3.05, 3.63) is 35.9 Å². The third-order valence-corrected chi connectivity index (χ3v) is 7.73. The zero-order chi connectivity index (χ0) is 25.9. The monoisotopic (exact) mass is 549 g/mol. The highest BCUT2D eigenvalue weighted by Gasteiger charge is 2.48. The van der Waals surface area contributed by atoms with Gasteiger partial charge in [0.05, 0.1) is 18.3 Å². The summed E-state index contributed by atoms with van der Waals surface area (Å²) >= 11 is 17.5. The number of carbonyl (C=O) groups is 1. The molecule has 1 aromatic carbocycles. The van der Waals surface area contributed by atoms with E-state index < -0.39 is 34.3 Å². The molecule has 0 spiro atoms. The van der Waals surface area contributed by atoms with Gasteiger partial charge in [-0.1, -0.05) is 87.6 Å². The van der Waals surface area contributed by atoms with E-state index in [2.05, 4.69) is 20.8 Å². The van der Waals surface area contributed by atoms with Crippen molar-refractivity contribution < 1.29 is 28.5 Å². The third-order valence-electron chi connectivity index (χ3n) is 7.21. The van der Waals surface area contributed by atoms with Crippen LogP contribution in [0.15, 0.2) is 30.3 Å². The van der Waals surface area contributed by atoms with Crippen molar-refractivity contribution >= 4 is 46.7 Å². The Morgan fingerprint density at radius 2 is 1.66 bits per heavy atom. The van der Waals surface area contributed by atoms with Crippen LogP contribution in [-0.4, -0.2) is 53.7 Å². The summed E-state index contributed by atoms with van der Waals surface area (Å²) in [5.41, 5.74) is 0.440. The summed E-state index contributed by atoms with van der Waals surface area (Å²) in [5, 5.41) is 8.02. The number of halogens is 3. The number of hydrogen-bond acceptors (Lipinski definition) is 7. The Labute approximate surface area is 222 Å². The fraction of sp³-hybridized carbons (Fsp3) is 0.680. The fourth-order valence-electron chi connectivity index (χ4n) is 4.47. The molecule has 196 valence electrons. The summed E-state index contributed by atoms with van der Waals surface area (Å²) in [6.45, 7) is 10.9. The summed E-state index contributed by atoms with van der Waals surface area (Å²) in [6.07, 6.45) is -2.32. The molecule has 7 nitrogen and oxygen atoms in total. The van der Waals surface area contributed by atoms with E-state index >= 15 is 0 Å². The number of carbonyl (C=O) groups excluding carboxylic acids is 1. The maximum Gasteiger partial charge on any atom is 0.338 e. The van der Waals surface area contributed by atoms with Gasteiger partial charge in [-0.05, 0) is 24.0 Å². The van der Waals surface area contributed by atoms with Gasteiger partial charge in [-0.3, -0.25) is 5.41 Å². The lowest BCUT2D eigenvalue weighted by Gasteiger charge is -2.47. The van der Waals surface area contributed by atoms with Gasteiger partial charge >= 0.3 is 5.97 Å². The smallest absolute Gasteiger partial charge is 0.338 e. The Morgan fingerprint density at radius 3 is 2.29 bits per heavy atom. The Bertz CT molecular complexity index is 867. The first kappa shape index (κ1) is 28.5. The highest BCUT2D eigenvalue weighted by atomic mass is 35.6. The van der Waals surface area contributed by atoms with E-state index in [9.17, 15) is 4.79 Å². The lowest BCUT2D eigenvalue weighted by molar-refractivity contribution is -0.302. The predicted molar refractivity (Wildman–Crippen MR) is 135 cm³/mol. The molecule has 1 N–H and O–H groups in total. The van der Waals surface area contributed by atoms with Crippen molar-refractivity contribution in [1.29, 1.82) is 5.41 Å². The number of rotatable bonds is 6. The van der Waals surface area contributed by atoms with Crippen molar-refractivity contribution in [2.24, 2.45) is 29.6 Å². The molecule has 10 heteroatoms. The molecule has 0 amide bonds. The van der Waals surface area contributed by atoms with Gasteiger partial charge in [0.1, 0.15) is 12.7 Å². The quantitative estimate of drug-likeness (QED) is 0.207. The number of ether oxygens (including phenoxy) is 5. The van der Waals surface area contributed by atoms with Crippen LogP contribution in [0.4, 0.5) is 0 Å². The van der Waals surface area contributed by atoms with E-state index in [4.69, 9.17) is 63.9 Å². The first-order valence-corrected chi connectivity index (χ1v) is 13.0. The second-order valence-electron chi connectivity index (χ2n) is 9.67. The number of esters is 1. The van der Waals surface area contributed by atoms with Crippen LogP contribution >= 0.6 is 34.8 Å². The standard InChI is InChI=1S/C25H34Cl3NO6/c1-13-11-32-22(15(3)14(13)2)34-20-16(4)19(12-31-21(30)18-9-7-6-8-10-18)33-23(17(20)5)35-24(29)25(26,27)28/h6-10,13-17,19-20,22-23,29H,11-12H2,1-5H3/t13-,14+,15?,16-,17?,19?,20+,22-,23-/m1/s1. The lowest BCUT2D eigenvalue weighted by atomic mass is 9.82. The molecule has 1 aromatic rings. The molecule has 0 radical (unpaired) electrons. The molecule has 0 bridgehead atoms. The Morgan fingerprint density at radius 1 is 1.00 bits per heavy atom. The molecule has 0 aromatic heterocycles. The third kappa shape index (κ3) is 7.02. The minimum atomic E-state index is -2.04. The maximum atomic E-state index is 12.5. The van der Waals surface area contributed by atoms with E-state index in [0.717, 1.165) is 0 Å². The van der Waals surface area contributed by atoms with Crippen molar-refractivity contribution in [2.45, 2.75) is 63.2 Å². The van der Waals surface area contributed by atoms with Gasteiger partial charge in [-0.15, -0.1) is 0 Å². The normalized spacial score (nSPS) is 35.8. The van der Waals surface area contributed by atoms with E-state index in [1.807, 2.05) is 19.9 Å². The minimum absolute atomic E-state index is 0.0308. The first-order chi connectivity index (χ1) is 16.4. The van der Waals surface area contributed by atoms with E-state index in [1.165, 1.54) is 0 Å². The molecule has 2 fully saturated rings. The average molecular weight is 551 g/mol. The molecule has 2 aliphatic rings. The molecule has 0 aliphatic carbocycles. The van der Waals surface area contributed by atoms with Crippen LogP contribution in [0.5, 0.6) is 0 Å². The molecule has 2 heterocycles. The Kier molecular flexibility index (Phi) is 9.74. The molecule has 35 heavy (non-hydrogen) atoms. The van der Waals surface area contributed by atoms with E-state index in [0.29, 0.717) is 24.0 Å². The second kappa shape index (κ2) is 12.0. The molecule has 2 saturated heterocycles. The van der Waals surface area contributed by atoms with E-state index in [-0.39, 0.29) is 30.5 Å². The number of hydrogen-bond donors (Lipinski definition) is 1. The van der Waals surface area contributed by atoms with Crippen LogP contribution in [0.25, 0.3) is 0 Å². The van der Waals surface area contributed by atoms with Gasteiger partial charge < -0.3 is 23.7 Å². The van der Waals surface area contributed by atoms with Crippen molar-refractivity contribution in [3.8, 4) is 0 Å². The summed E-state index contributed by atoms with van der Waals surface area (Å²) < 4.78 is 27.8. The minimum Gasteiger partial charge on any atom is -0.459 e. The summed E-state index contributed by atoms with van der Waals surface area (Å²) in [6, 6.07) is 8.71. The predicted octanol–water partition coefficient (Wildman–Crippen LogP) is 5.85. The van der Waals surface area contributed by atoms with Gasteiger partial charge in [0.25, 0.3) is 3.79 Å². The molecule has 2 aliphatic heterocycles. The largest absolute Gasteiger partial charge is 0.459 e. The van der Waals surface area contributed by atoms with Gasteiger partial charge in [0.15, 0.2) is 6.29 Å². The van der Waals surface area contributed by atoms with Crippen LogP contribution < -0.4 is 0 Å². The fourth-order valence-corrected chi connectivity index (χ4v) is 4.61. The average Bonchev–Trinajstić information content (AvgIpc) is 2.82. The maximum absolute atomic E-state index is 12.5. The highest BCUT2D eigenvalue weighted by molar-refractivity contribution is 6.76. The Hall–Kier alpha value is -1.09. The number of benzene rings is 1. The molecule has 3 rings (SSSR count). The molecule has 0 saturated carbocycles. The van der Waals surface area contributed by atoms with Crippen LogP contribution in [0.1, 0.15) is 45.0 Å². The topological polar surface area (TPSA) is 87.1 Å². The summed E-state index contributed by atoms with van der Waals surface area (Å²) in [7, 11) is 0. The second-order valence-corrected chi connectivity index (χ2v) is 11.9. The van der Waals surface area contributed by atoms with Gasteiger partial charge in [0, 0.05) is 17.8 Å². The molecule has 3 unspecified atom stereocenters. The van der Waals surface area contributed by atoms with Gasteiger partial charge in [-0.2, -0.15) is 0 Å². The SMILES string of the molecule is CC1[C@@H](O[C@@H]2C(C)[C@@H](OC(=N)C(Cl)(Cl)Cl)OC(COC(=O)c3ccccc3)[C@H]2C)OC[C@@H](C)[C@@H]1C. The van der Waals surface area contributed by atoms with Gasteiger partial charge in [0.2, 0.25) is 12.2 Å². The molecular weight excluding hydrogens is 517 g/mol. The van der Waals surface area contributed by atoms with Crippen molar-refractivity contribution in [1.82, 2.24) is 0 Å². The number of nitrogens with one attached hydrogen (secondary N) is 1. The van der Waals surface area contributed by atoms with Crippen LogP contribution in [-0.2, 0) is 23.7 Å². The molecule has 9 atom stereocenters. The van der Waals surface area contributed by atoms with Crippen LogP contribution in [0, 0.1) is 35.0 Å². The Balaban J connectivity index is 1.76. The van der Waals surface area contributed by atoms with Crippen LogP contribution in [0.3, 0.4) is 0 Å². The van der Waals surface area contributed by atoms with Crippen molar-refractivity contribution in [2.75, 3.05) is 13.2 Å². The van der Waals surface area contributed by atoms with Gasteiger partial charge in [-0.25, -0.2) is 4.79 Å². The lowest BCUT2D eigenvalue weighted by Crippen LogP contribution is -2.55. The summed E-state index contributed by atoms with van der Waals surface area (Å²) in [5.74, 6) is -0.500. The zero-order valence-electron chi connectivity index (χ0n) is 20.6.